The molecule has 0 aliphatic carbocycles. The molecular formula is C16H26. The number of benzene rings is 1. The number of aryl methyl sites for hydroxylation is 1. The summed E-state index contributed by atoms with van der Waals surface area (Å²) in [6, 6.07) is 7.17. The first-order chi connectivity index (χ1) is 7.54. The van der Waals surface area contributed by atoms with E-state index < -0.39 is 0 Å². The molecule has 0 spiro atoms. The molecule has 0 saturated carbocycles. The van der Waals surface area contributed by atoms with Gasteiger partial charge in [0.25, 0.3) is 0 Å². The molecule has 0 N–H and O–H groups in total. The maximum atomic E-state index is 2.40. The van der Waals surface area contributed by atoms with E-state index in [1.807, 2.05) is 0 Å². The van der Waals surface area contributed by atoms with Crippen LogP contribution in [0, 0.1) is 0 Å². The Kier molecular flexibility index (Phi) is 5.05. The highest BCUT2D eigenvalue weighted by Gasteiger charge is 2.06. The minimum Gasteiger partial charge on any atom is -0.0654 e. The smallest absolute Gasteiger partial charge is 0.0219 e. The lowest BCUT2D eigenvalue weighted by Crippen LogP contribution is -1.97. The van der Waals surface area contributed by atoms with E-state index in [2.05, 4.69) is 52.8 Å². The van der Waals surface area contributed by atoms with Gasteiger partial charge in [-0.2, -0.15) is 0 Å². The van der Waals surface area contributed by atoms with Gasteiger partial charge in [-0.15, -0.1) is 0 Å². The monoisotopic (exact) mass is 218 g/mol. The molecule has 0 unspecified atom stereocenters. The lowest BCUT2D eigenvalue weighted by Gasteiger charge is -2.14. The molecule has 90 valence electrons. The zero-order valence-electron chi connectivity index (χ0n) is 11.5. The van der Waals surface area contributed by atoms with Crippen molar-refractivity contribution < 1.29 is 0 Å². The van der Waals surface area contributed by atoms with E-state index in [9.17, 15) is 0 Å². The molecule has 0 aliphatic rings. The predicted molar refractivity (Wildman–Crippen MR) is 73.2 cm³/mol. The molecule has 0 aromatic heterocycles. The maximum absolute atomic E-state index is 2.40. The fraction of sp³-hybridized carbons (Fsp3) is 0.625. The molecule has 0 saturated heterocycles. The Hall–Kier alpha value is -0.780. The van der Waals surface area contributed by atoms with Crippen LogP contribution >= 0.6 is 0 Å². The van der Waals surface area contributed by atoms with Gasteiger partial charge in [0.15, 0.2) is 0 Å². The normalized spacial score (nSPS) is 11.4. The van der Waals surface area contributed by atoms with Crippen molar-refractivity contribution in [3.8, 4) is 0 Å². The van der Waals surface area contributed by atoms with E-state index in [0.29, 0.717) is 11.8 Å². The summed E-state index contributed by atoms with van der Waals surface area (Å²) < 4.78 is 0. The second kappa shape index (κ2) is 6.08. The third-order valence-electron chi connectivity index (χ3n) is 3.19. The lowest BCUT2D eigenvalue weighted by molar-refractivity contribution is 0.780. The maximum Gasteiger partial charge on any atom is -0.0219 e. The Bertz CT molecular complexity index is 295. The lowest BCUT2D eigenvalue weighted by atomic mass is 9.92. The van der Waals surface area contributed by atoms with E-state index in [0.717, 1.165) is 0 Å². The van der Waals surface area contributed by atoms with Crippen molar-refractivity contribution >= 4 is 0 Å². The van der Waals surface area contributed by atoms with Gasteiger partial charge in [-0.05, 0) is 41.4 Å². The zero-order valence-corrected chi connectivity index (χ0v) is 11.5. The molecule has 0 heterocycles. The van der Waals surface area contributed by atoms with Gasteiger partial charge in [0.2, 0.25) is 0 Å². The Morgan fingerprint density at radius 3 is 1.75 bits per heavy atom. The van der Waals surface area contributed by atoms with E-state index in [-0.39, 0.29) is 0 Å². The summed E-state index contributed by atoms with van der Waals surface area (Å²) in [4.78, 5) is 0. The van der Waals surface area contributed by atoms with Crippen LogP contribution in [0.4, 0.5) is 0 Å². The van der Waals surface area contributed by atoms with E-state index in [4.69, 9.17) is 0 Å². The fourth-order valence-corrected chi connectivity index (χ4v) is 1.94. The first-order valence-corrected chi connectivity index (χ1v) is 6.68. The summed E-state index contributed by atoms with van der Waals surface area (Å²) in [6.45, 7) is 11.4. The van der Waals surface area contributed by atoms with Crippen molar-refractivity contribution in [2.24, 2.45) is 0 Å². The van der Waals surface area contributed by atoms with Crippen molar-refractivity contribution in [1.82, 2.24) is 0 Å². The van der Waals surface area contributed by atoms with Crippen molar-refractivity contribution in [3.05, 3.63) is 34.9 Å². The Morgan fingerprint density at radius 2 is 1.38 bits per heavy atom. The minimum atomic E-state index is 0.638. The van der Waals surface area contributed by atoms with Crippen LogP contribution in [0.3, 0.4) is 0 Å². The number of unbranched alkanes of at least 4 members (excludes halogenated alkanes) is 1. The average Bonchev–Trinajstić information content (AvgIpc) is 2.25. The highest BCUT2D eigenvalue weighted by molar-refractivity contribution is 5.33. The van der Waals surface area contributed by atoms with Gasteiger partial charge in [0.1, 0.15) is 0 Å². The Labute approximate surface area is 101 Å². The van der Waals surface area contributed by atoms with Gasteiger partial charge in [-0.3, -0.25) is 0 Å². The number of hydrogen-bond acceptors (Lipinski definition) is 0. The molecule has 0 atom stereocenters. The highest BCUT2D eigenvalue weighted by atomic mass is 14.1. The second-order valence-corrected chi connectivity index (χ2v) is 5.42. The summed E-state index contributed by atoms with van der Waals surface area (Å²) in [7, 11) is 0. The van der Waals surface area contributed by atoms with Crippen LogP contribution in [0.1, 0.15) is 76.0 Å². The third-order valence-corrected chi connectivity index (χ3v) is 3.19. The first-order valence-electron chi connectivity index (χ1n) is 6.68. The van der Waals surface area contributed by atoms with Gasteiger partial charge < -0.3 is 0 Å². The molecule has 0 aliphatic heterocycles. The molecule has 1 aromatic carbocycles. The summed E-state index contributed by atoms with van der Waals surface area (Å²) in [5, 5.41) is 0. The second-order valence-electron chi connectivity index (χ2n) is 5.42. The predicted octanol–water partition coefficient (Wildman–Crippen LogP) is 5.28. The van der Waals surface area contributed by atoms with Crippen LogP contribution in [-0.4, -0.2) is 0 Å². The van der Waals surface area contributed by atoms with Crippen LogP contribution in [0.15, 0.2) is 18.2 Å². The summed E-state index contributed by atoms with van der Waals surface area (Å²) in [5.74, 6) is 1.28. The van der Waals surface area contributed by atoms with Crippen molar-refractivity contribution in [2.45, 2.75) is 65.7 Å². The van der Waals surface area contributed by atoms with Gasteiger partial charge in [0, 0.05) is 0 Å². The average molecular weight is 218 g/mol. The molecule has 1 aromatic rings. The zero-order chi connectivity index (χ0) is 12.1. The first kappa shape index (κ1) is 13.3. The standard InChI is InChI=1S/C16H26/c1-6-7-8-14-9-15(12(2)3)11-16(10-14)13(4)5/h9-13H,6-8H2,1-5H3. The molecule has 0 radical (unpaired) electrons. The largest absolute Gasteiger partial charge is 0.0654 e. The SMILES string of the molecule is CCCCc1cc(C(C)C)cc(C(C)C)c1. The van der Waals surface area contributed by atoms with Crippen LogP contribution in [0.5, 0.6) is 0 Å². The van der Waals surface area contributed by atoms with E-state index >= 15 is 0 Å². The molecular weight excluding hydrogens is 192 g/mol. The fourth-order valence-electron chi connectivity index (χ4n) is 1.94. The molecule has 0 amide bonds. The molecule has 0 bridgehead atoms. The molecule has 0 heteroatoms. The van der Waals surface area contributed by atoms with Gasteiger partial charge in [-0.25, -0.2) is 0 Å². The van der Waals surface area contributed by atoms with Crippen LogP contribution < -0.4 is 0 Å². The Balaban J connectivity index is 2.99. The van der Waals surface area contributed by atoms with Crippen LogP contribution in [0.2, 0.25) is 0 Å². The van der Waals surface area contributed by atoms with Gasteiger partial charge >= 0.3 is 0 Å². The molecule has 16 heavy (non-hydrogen) atoms. The Morgan fingerprint density at radius 1 is 0.875 bits per heavy atom. The summed E-state index contributed by atoms with van der Waals surface area (Å²) >= 11 is 0. The van der Waals surface area contributed by atoms with E-state index in [1.54, 1.807) is 0 Å². The molecule has 1 rings (SSSR count). The van der Waals surface area contributed by atoms with Crippen molar-refractivity contribution in [1.29, 1.82) is 0 Å². The molecule has 0 fully saturated rings. The highest BCUT2D eigenvalue weighted by Crippen LogP contribution is 2.24. The van der Waals surface area contributed by atoms with Crippen molar-refractivity contribution in [2.75, 3.05) is 0 Å². The number of rotatable bonds is 5. The topological polar surface area (TPSA) is 0 Å². The van der Waals surface area contributed by atoms with Crippen LogP contribution in [0.25, 0.3) is 0 Å². The van der Waals surface area contributed by atoms with Gasteiger partial charge in [0.05, 0.1) is 0 Å². The van der Waals surface area contributed by atoms with Crippen LogP contribution in [-0.2, 0) is 6.42 Å². The number of hydrogen-bond donors (Lipinski definition) is 0. The summed E-state index contributed by atoms with van der Waals surface area (Å²) in [6.07, 6.45) is 3.82. The molecule has 0 nitrogen and oxygen atoms in total. The quantitative estimate of drug-likeness (QED) is 0.631. The van der Waals surface area contributed by atoms with Crippen molar-refractivity contribution in [3.63, 3.8) is 0 Å². The minimum absolute atomic E-state index is 0.638. The van der Waals surface area contributed by atoms with Gasteiger partial charge in [-0.1, -0.05) is 59.2 Å². The van der Waals surface area contributed by atoms with E-state index in [1.165, 1.54) is 36.0 Å². The third kappa shape index (κ3) is 3.66. The summed E-state index contributed by atoms with van der Waals surface area (Å²) in [5.41, 5.74) is 4.52.